The van der Waals surface area contributed by atoms with E-state index in [-0.39, 0.29) is 42.8 Å². The standard InChI is InChI=1S/C39H44ClN11O4.ClH/c40-32-19-30(4-1-26(32)20-41)55-29-5-2-27(3-6-29)46-38(53)33-21-43-34(22-42-33)49-15-7-25(8-16-49)23-48-13-9-28(10-14-48)50-17-11-31-36(50)44-24-45-37(31)51-18-12-35(52)47-39(51)54;/h1,4,11,17,19,21-22,24-25,27-29H,2-3,5-10,12-16,18,23H2,(H,46,53)(H,47,52,54);1H. The number of anilines is 2. The van der Waals surface area contributed by atoms with Gasteiger partial charge in [0.2, 0.25) is 5.91 Å². The Kier molecular flexibility index (Phi) is 12.2. The van der Waals surface area contributed by atoms with Crippen LogP contribution in [0.5, 0.6) is 5.75 Å². The number of fused-ring (bicyclic) bond motifs is 1. The summed E-state index contributed by atoms with van der Waals surface area (Å²) >= 11 is 6.15. The number of nitrogens with one attached hydrogen (secondary N) is 2. The fraction of sp³-hybridized carbons (Fsp3) is 0.487. The first kappa shape index (κ1) is 39.2. The molecule has 6 heterocycles. The number of aromatic nitrogens is 5. The zero-order chi connectivity index (χ0) is 37.9. The lowest BCUT2D eigenvalue weighted by atomic mass is 9.93. The number of nitrogens with zero attached hydrogens (tertiary/aromatic N) is 9. The highest BCUT2D eigenvalue weighted by Gasteiger charge is 2.30. The number of rotatable bonds is 9. The number of piperidine rings is 2. The molecule has 0 radical (unpaired) electrons. The predicted molar refractivity (Wildman–Crippen MR) is 212 cm³/mol. The van der Waals surface area contributed by atoms with Crippen molar-refractivity contribution >= 4 is 64.5 Å². The van der Waals surface area contributed by atoms with Gasteiger partial charge in [-0.25, -0.2) is 24.7 Å². The van der Waals surface area contributed by atoms with Crippen LogP contribution in [0.25, 0.3) is 11.0 Å². The van der Waals surface area contributed by atoms with Crippen LogP contribution >= 0.6 is 24.0 Å². The van der Waals surface area contributed by atoms with E-state index in [0.717, 1.165) is 101 Å². The molecule has 3 saturated heterocycles. The van der Waals surface area contributed by atoms with Gasteiger partial charge in [-0.1, -0.05) is 11.6 Å². The van der Waals surface area contributed by atoms with Gasteiger partial charge in [0.05, 0.1) is 34.5 Å². The van der Waals surface area contributed by atoms with Crippen molar-refractivity contribution < 1.29 is 19.1 Å². The van der Waals surface area contributed by atoms with Crippen LogP contribution in [0, 0.1) is 17.2 Å². The molecule has 0 bridgehead atoms. The summed E-state index contributed by atoms with van der Waals surface area (Å²) in [5.74, 6) is 2.12. The van der Waals surface area contributed by atoms with Crippen LogP contribution < -0.4 is 25.2 Å². The number of hydrogen-bond donors (Lipinski definition) is 2. The number of amides is 4. The van der Waals surface area contributed by atoms with Crippen LogP contribution in [0.1, 0.15) is 79.9 Å². The van der Waals surface area contributed by atoms with Gasteiger partial charge < -0.3 is 24.4 Å². The Morgan fingerprint density at radius 1 is 0.946 bits per heavy atom. The maximum absolute atomic E-state index is 13.0. The van der Waals surface area contributed by atoms with E-state index in [1.807, 2.05) is 6.07 Å². The molecule has 3 aromatic heterocycles. The van der Waals surface area contributed by atoms with Crippen molar-refractivity contribution in [3.63, 3.8) is 0 Å². The van der Waals surface area contributed by atoms with E-state index in [0.29, 0.717) is 46.4 Å². The second-order valence-electron chi connectivity index (χ2n) is 15.0. The van der Waals surface area contributed by atoms with E-state index in [1.54, 1.807) is 30.6 Å². The number of halogens is 2. The molecule has 4 fully saturated rings. The van der Waals surface area contributed by atoms with Crippen molar-refractivity contribution in [3.05, 3.63) is 65.5 Å². The molecule has 17 heteroatoms. The van der Waals surface area contributed by atoms with Gasteiger partial charge in [0.15, 0.2) is 0 Å². The van der Waals surface area contributed by atoms with E-state index < -0.39 is 6.03 Å². The fourth-order valence-electron chi connectivity index (χ4n) is 8.36. The minimum atomic E-state index is -0.444. The van der Waals surface area contributed by atoms with Crippen molar-refractivity contribution in [3.8, 4) is 11.8 Å². The summed E-state index contributed by atoms with van der Waals surface area (Å²) in [4.78, 5) is 61.6. The lowest BCUT2D eigenvalue weighted by Crippen LogP contribution is -2.50. The minimum absolute atomic E-state index is 0. The molecule has 4 aliphatic rings. The number of carbonyl (C=O) groups is 3. The van der Waals surface area contributed by atoms with Gasteiger partial charge in [0, 0.05) is 70.0 Å². The Balaban J connectivity index is 0.00000480. The Morgan fingerprint density at radius 2 is 1.73 bits per heavy atom. The maximum Gasteiger partial charge on any atom is 0.329 e. The summed E-state index contributed by atoms with van der Waals surface area (Å²) < 4.78 is 8.30. The molecule has 1 saturated carbocycles. The zero-order valence-corrected chi connectivity index (χ0v) is 32.6. The van der Waals surface area contributed by atoms with Crippen LogP contribution in [-0.2, 0) is 4.79 Å². The van der Waals surface area contributed by atoms with Crippen molar-refractivity contribution in [1.29, 1.82) is 5.26 Å². The average molecular weight is 803 g/mol. The molecule has 294 valence electrons. The molecular weight excluding hydrogens is 757 g/mol. The molecule has 2 N–H and O–H groups in total. The zero-order valence-electron chi connectivity index (χ0n) is 31.0. The van der Waals surface area contributed by atoms with Crippen LogP contribution in [-0.4, -0.2) is 98.7 Å². The first-order valence-corrected chi connectivity index (χ1v) is 19.6. The van der Waals surface area contributed by atoms with Crippen molar-refractivity contribution in [2.75, 3.05) is 49.1 Å². The molecule has 0 unspecified atom stereocenters. The van der Waals surface area contributed by atoms with Crippen LogP contribution in [0.2, 0.25) is 5.02 Å². The molecular formula is C39H45Cl2N11O4. The lowest BCUT2D eigenvalue weighted by Gasteiger charge is -2.38. The summed E-state index contributed by atoms with van der Waals surface area (Å²) in [6, 6.07) is 9.06. The van der Waals surface area contributed by atoms with Crippen LogP contribution in [0.3, 0.4) is 0 Å². The quantitative estimate of drug-likeness (QED) is 0.225. The van der Waals surface area contributed by atoms with Crippen LogP contribution in [0.4, 0.5) is 16.4 Å². The highest BCUT2D eigenvalue weighted by Crippen LogP contribution is 2.32. The highest BCUT2D eigenvalue weighted by molar-refractivity contribution is 6.31. The SMILES string of the molecule is Cl.N#Cc1ccc(OC2CCC(NC(=O)c3cnc(N4CCC(CN5CCC(n6ccc7c(N8CCC(=O)NC8=O)ncnc76)CC5)CC4)cn3)CC2)cc1Cl. The summed E-state index contributed by atoms with van der Waals surface area (Å²) in [7, 11) is 0. The second-order valence-corrected chi connectivity index (χ2v) is 15.4. The highest BCUT2D eigenvalue weighted by atomic mass is 35.5. The number of hydrogen-bond acceptors (Lipinski definition) is 11. The van der Waals surface area contributed by atoms with E-state index in [2.05, 4.69) is 57.2 Å². The molecule has 15 nitrogen and oxygen atoms in total. The third kappa shape index (κ3) is 8.67. The van der Waals surface area contributed by atoms with Gasteiger partial charge in [-0.05, 0) is 75.5 Å². The normalized spacial score (nSPS) is 21.3. The van der Waals surface area contributed by atoms with E-state index in [4.69, 9.17) is 21.6 Å². The Hall–Kier alpha value is -5.04. The molecule has 8 rings (SSSR count). The molecule has 3 aliphatic heterocycles. The average Bonchev–Trinajstić information content (AvgIpc) is 3.64. The minimum Gasteiger partial charge on any atom is -0.490 e. The summed E-state index contributed by atoms with van der Waals surface area (Å²) in [5.41, 5.74) is 1.56. The van der Waals surface area contributed by atoms with Gasteiger partial charge >= 0.3 is 6.03 Å². The number of carbonyl (C=O) groups excluding carboxylic acids is 3. The van der Waals surface area contributed by atoms with Crippen molar-refractivity contribution in [2.24, 2.45) is 5.92 Å². The van der Waals surface area contributed by atoms with E-state index >= 15 is 0 Å². The predicted octanol–water partition coefficient (Wildman–Crippen LogP) is 5.29. The van der Waals surface area contributed by atoms with Gasteiger partial charge in [-0.3, -0.25) is 19.8 Å². The van der Waals surface area contributed by atoms with Gasteiger partial charge in [0.1, 0.15) is 41.1 Å². The third-order valence-electron chi connectivity index (χ3n) is 11.4. The molecule has 0 spiro atoms. The van der Waals surface area contributed by atoms with Gasteiger partial charge in [-0.2, -0.15) is 5.26 Å². The van der Waals surface area contributed by atoms with Gasteiger partial charge in [-0.15, -0.1) is 12.4 Å². The number of likely N-dealkylation sites (tertiary alicyclic amines) is 1. The lowest BCUT2D eigenvalue weighted by molar-refractivity contribution is -0.120. The monoisotopic (exact) mass is 801 g/mol. The summed E-state index contributed by atoms with van der Waals surface area (Å²) in [6.07, 6.45) is 14.5. The number of urea groups is 1. The smallest absolute Gasteiger partial charge is 0.329 e. The summed E-state index contributed by atoms with van der Waals surface area (Å²) in [5, 5.41) is 15.8. The summed E-state index contributed by atoms with van der Waals surface area (Å²) in [6.45, 7) is 5.21. The van der Waals surface area contributed by atoms with E-state index in [9.17, 15) is 14.4 Å². The van der Waals surface area contributed by atoms with E-state index in [1.165, 1.54) is 11.2 Å². The van der Waals surface area contributed by atoms with Crippen molar-refractivity contribution in [2.45, 2.75) is 76.0 Å². The van der Waals surface area contributed by atoms with Crippen molar-refractivity contribution in [1.82, 2.24) is 40.0 Å². The topological polar surface area (TPSA) is 174 Å². The van der Waals surface area contributed by atoms with Crippen LogP contribution in [0.15, 0.2) is 49.2 Å². The number of nitriles is 1. The first-order chi connectivity index (χ1) is 26.8. The maximum atomic E-state index is 13.0. The third-order valence-corrected chi connectivity index (χ3v) is 11.8. The number of ether oxygens (including phenoxy) is 1. The number of benzene rings is 1. The Bertz CT molecular complexity index is 2080. The Morgan fingerprint density at radius 3 is 2.43 bits per heavy atom. The molecule has 4 amide bonds. The Labute approximate surface area is 336 Å². The molecule has 56 heavy (non-hydrogen) atoms. The first-order valence-electron chi connectivity index (χ1n) is 19.2. The number of imide groups is 1. The molecule has 1 aromatic carbocycles. The fourth-order valence-corrected chi connectivity index (χ4v) is 8.57. The molecule has 4 aromatic rings. The molecule has 0 atom stereocenters. The van der Waals surface area contributed by atoms with Gasteiger partial charge in [0.25, 0.3) is 5.91 Å². The largest absolute Gasteiger partial charge is 0.490 e. The second kappa shape index (κ2) is 17.4. The molecule has 1 aliphatic carbocycles.